The number of nitrogens with one attached hydrogen (secondary N) is 1. The first-order valence-corrected chi connectivity index (χ1v) is 8.03. The summed E-state index contributed by atoms with van der Waals surface area (Å²) in [6.45, 7) is 0.590. The molecule has 134 valence electrons. The molecule has 0 radical (unpaired) electrons. The minimum absolute atomic E-state index is 0.150. The molecule has 2 aromatic rings. The summed E-state index contributed by atoms with van der Waals surface area (Å²) < 4.78 is 52.7. The van der Waals surface area contributed by atoms with Crippen molar-refractivity contribution in [1.82, 2.24) is 15.1 Å². The molecule has 0 atom stereocenters. The van der Waals surface area contributed by atoms with E-state index in [0.29, 0.717) is 30.8 Å². The molecule has 1 N–H and O–H groups in total. The molecule has 3 rings (SSSR count). The van der Waals surface area contributed by atoms with Crippen LogP contribution in [0.3, 0.4) is 0 Å². The van der Waals surface area contributed by atoms with Gasteiger partial charge in [-0.15, -0.1) is 0 Å². The highest BCUT2D eigenvalue weighted by Crippen LogP contribution is 2.42. The van der Waals surface area contributed by atoms with Crippen molar-refractivity contribution in [1.29, 1.82) is 0 Å². The van der Waals surface area contributed by atoms with Crippen LogP contribution in [0, 0.1) is 5.82 Å². The number of alkyl halides is 3. The van der Waals surface area contributed by atoms with Gasteiger partial charge in [0, 0.05) is 30.3 Å². The number of carbonyl (C=O) groups excluding carboxylic acids is 1. The van der Waals surface area contributed by atoms with E-state index >= 15 is 0 Å². The molecule has 1 aromatic carbocycles. The molecule has 1 amide bonds. The minimum Gasteiger partial charge on any atom is -0.352 e. The average molecular weight is 355 g/mol. The first kappa shape index (κ1) is 17.4. The van der Waals surface area contributed by atoms with Crippen LogP contribution >= 0.6 is 0 Å². The number of hydrogen-bond donors (Lipinski definition) is 1. The Hall–Kier alpha value is -2.38. The standard InChI is InChI=1S/C17H17F4N3O/c18-13-6-4-12(5-7-13)16(25)22-8-1-9-24-14(11-2-3-11)10-15(23-24)17(19,20)21/h4-7,10-11H,1-3,8-9H2,(H,22,25). The van der Waals surface area contributed by atoms with Crippen LogP contribution in [0.5, 0.6) is 0 Å². The van der Waals surface area contributed by atoms with Crippen molar-refractivity contribution in [3.8, 4) is 0 Å². The molecule has 0 bridgehead atoms. The lowest BCUT2D eigenvalue weighted by Crippen LogP contribution is -2.25. The van der Waals surface area contributed by atoms with E-state index < -0.39 is 17.7 Å². The van der Waals surface area contributed by atoms with Crippen molar-refractivity contribution in [3.05, 3.63) is 53.1 Å². The zero-order valence-electron chi connectivity index (χ0n) is 13.3. The van der Waals surface area contributed by atoms with Gasteiger partial charge in [0.05, 0.1) is 0 Å². The van der Waals surface area contributed by atoms with Gasteiger partial charge < -0.3 is 5.32 Å². The molecule has 0 spiro atoms. The fourth-order valence-corrected chi connectivity index (χ4v) is 2.59. The number of nitrogens with zero attached hydrogens (tertiary/aromatic N) is 2. The third-order valence-electron chi connectivity index (χ3n) is 4.04. The molecule has 1 aliphatic carbocycles. The normalized spacial score (nSPS) is 14.6. The average Bonchev–Trinajstić information content (AvgIpc) is 3.30. The fourth-order valence-electron chi connectivity index (χ4n) is 2.59. The van der Waals surface area contributed by atoms with E-state index in [-0.39, 0.29) is 11.8 Å². The van der Waals surface area contributed by atoms with E-state index in [2.05, 4.69) is 10.4 Å². The number of aryl methyl sites for hydroxylation is 1. The SMILES string of the molecule is O=C(NCCCn1nc(C(F)(F)F)cc1C1CC1)c1ccc(F)cc1. The Labute approximate surface area is 141 Å². The first-order valence-electron chi connectivity index (χ1n) is 8.03. The second kappa shape index (κ2) is 6.85. The van der Waals surface area contributed by atoms with Crippen molar-refractivity contribution < 1.29 is 22.4 Å². The molecular formula is C17H17F4N3O. The Morgan fingerprint density at radius 3 is 2.52 bits per heavy atom. The summed E-state index contributed by atoms with van der Waals surface area (Å²) >= 11 is 0. The number of carbonyl (C=O) groups is 1. The molecule has 4 nitrogen and oxygen atoms in total. The highest BCUT2D eigenvalue weighted by atomic mass is 19.4. The van der Waals surface area contributed by atoms with Gasteiger partial charge in [0.25, 0.3) is 5.91 Å². The summed E-state index contributed by atoms with van der Waals surface area (Å²) in [5.41, 5.74) is 0.0699. The lowest BCUT2D eigenvalue weighted by atomic mass is 10.2. The van der Waals surface area contributed by atoms with E-state index in [1.54, 1.807) is 0 Å². The largest absolute Gasteiger partial charge is 0.435 e. The van der Waals surface area contributed by atoms with Crippen LogP contribution in [-0.2, 0) is 12.7 Å². The van der Waals surface area contributed by atoms with E-state index in [1.165, 1.54) is 28.9 Å². The van der Waals surface area contributed by atoms with Gasteiger partial charge in [0.2, 0.25) is 0 Å². The van der Waals surface area contributed by atoms with Gasteiger partial charge in [-0.3, -0.25) is 9.48 Å². The molecule has 1 aromatic heterocycles. The molecule has 0 saturated heterocycles. The highest BCUT2D eigenvalue weighted by Gasteiger charge is 2.37. The Kier molecular flexibility index (Phi) is 4.78. The van der Waals surface area contributed by atoms with Crippen molar-refractivity contribution in [2.24, 2.45) is 0 Å². The summed E-state index contributed by atoms with van der Waals surface area (Å²) in [5.74, 6) is -0.625. The van der Waals surface area contributed by atoms with E-state index in [1.807, 2.05) is 0 Å². The number of rotatable bonds is 6. The number of halogens is 4. The molecule has 1 heterocycles. The van der Waals surface area contributed by atoms with Gasteiger partial charge in [0.1, 0.15) is 5.82 Å². The van der Waals surface area contributed by atoms with E-state index in [0.717, 1.165) is 18.9 Å². The Bertz CT molecular complexity index is 748. The summed E-state index contributed by atoms with van der Waals surface area (Å²) in [4.78, 5) is 11.9. The second-order valence-corrected chi connectivity index (χ2v) is 6.07. The Morgan fingerprint density at radius 2 is 1.92 bits per heavy atom. The maximum Gasteiger partial charge on any atom is 0.435 e. The Morgan fingerprint density at radius 1 is 1.24 bits per heavy atom. The van der Waals surface area contributed by atoms with Gasteiger partial charge in [-0.25, -0.2) is 4.39 Å². The van der Waals surface area contributed by atoms with Gasteiger partial charge >= 0.3 is 6.18 Å². The summed E-state index contributed by atoms with van der Waals surface area (Å²) in [6.07, 6.45) is -2.24. The third-order valence-corrected chi connectivity index (χ3v) is 4.04. The van der Waals surface area contributed by atoms with Crippen molar-refractivity contribution in [3.63, 3.8) is 0 Å². The van der Waals surface area contributed by atoms with Gasteiger partial charge in [-0.2, -0.15) is 18.3 Å². The second-order valence-electron chi connectivity index (χ2n) is 6.07. The van der Waals surface area contributed by atoms with Gasteiger partial charge in [-0.05, 0) is 49.6 Å². The molecule has 0 unspecified atom stereocenters. The first-order chi connectivity index (χ1) is 11.8. The van der Waals surface area contributed by atoms with Crippen LogP contribution in [0.2, 0.25) is 0 Å². The van der Waals surface area contributed by atoms with Gasteiger partial charge in [-0.1, -0.05) is 0 Å². The van der Waals surface area contributed by atoms with Crippen LogP contribution in [0.15, 0.2) is 30.3 Å². The summed E-state index contributed by atoms with van der Waals surface area (Å²) in [5, 5.41) is 6.33. The fraction of sp³-hybridized carbons (Fsp3) is 0.412. The summed E-state index contributed by atoms with van der Waals surface area (Å²) in [7, 11) is 0. The van der Waals surface area contributed by atoms with Crippen LogP contribution in [0.4, 0.5) is 17.6 Å². The molecule has 1 aliphatic rings. The summed E-state index contributed by atoms with van der Waals surface area (Å²) in [6, 6.07) is 6.26. The zero-order valence-corrected chi connectivity index (χ0v) is 13.3. The lowest BCUT2D eigenvalue weighted by molar-refractivity contribution is -0.141. The molecule has 8 heteroatoms. The van der Waals surface area contributed by atoms with Crippen LogP contribution in [0.25, 0.3) is 0 Å². The monoisotopic (exact) mass is 355 g/mol. The number of aromatic nitrogens is 2. The van der Waals surface area contributed by atoms with Crippen molar-refractivity contribution >= 4 is 5.91 Å². The van der Waals surface area contributed by atoms with E-state index in [9.17, 15) is 22.4 Å². The third kappa shape index (κ3) is 4.37. The number of hydrogen-bond acceptors (Lipinski definition) is 2. The topological polar surface area (TPSA) is 46.9 Å². The maximum atomic E-state index is 12.8. The number of benzene rings is 1. The lowest BCUT2D eigenvalue weighted by Gasteiger charge is -2.08. The molecule has 25 heavy (non-hydrogen) atoms. The van der Waals surface area contributed by atoms with Gasteiger partial charge in [0.15, 0.2) is 5.69 Å². The molecule has 0 aliphatic heterocycles. The zero-order chi connectivity index (χ0) is 18.0. The smallest absolute Gasteiger partial charge is 0.352 e. The predicted octanol–water partition coefficient (Wildman–Crippen LogP) is 3.74. The van der Waals surface area contributed by atoms with Crippen molar-refractivity contribution in [2.75, 3.05) is 6.54 Å². The predicted molar refractivity (Wildman–Crippen MR) is 82.6 cm³/mol. The molecular weight excluding hydrogens is 338 g/mol. The molecule has 1 fully saturated rings. The highest BCUT2D eigenvalue weighted by molar-refractivity contribution is 5.94. The van der Waals surface area contributed by atoms with Crippen LogP contribution in [-0.4, -0.2) is 22.2 Å². The molecule has 1 saturated carbocycles. The maximum absolute atomic E-state index is 12.8. The van der Waals surface area contributed by atoms with Crippen LogP contribution < -0.4 is 5.32 Å². The van der Waals surface area contributed by atoms with E-state index in [4.69, 9.17) is 0 Å². The quantitative estimate of drug-likeness (QED) is 0.634. The van der Waals surface area contributed by atoms with Crippen LogP contribution in [0.1, 0.15) is 46.9 Å². The Balaban J connectivity index is 1.54. The number of amides is 1. The minimum atomic E-state index is -4.45. The van der Waals surface area contributed by atoms with Crippen molar-refractivity contribution in [2.45, 2.75) is 37.9 Å².